The van der Waals surface area contributed by atoms with Crippen LogP contribution in [0.3, 0.4) is 0 Å². The predicted octanol–water partition coefficient (Wildman–Crippen LogP) is 4.54. The summed E-state index contributed by atoms with van der Waals surface area (Å²) < 4.78 is 16.4. The van der Waals surface area contributed by atoms with Crippen molar-refractivity contribution in [1.82, 2.24) is 15.3 Å². The van der Waals surface area contributed by atoms with Gasteiger partial charge in [0.2, 0.25) is 11.8 Å². The fourth-order valence-electron chi connectivity index (χ4n) is 3.20. The third kappa shape index (κ3) is 6.17. The van der Waals surface area contributed by atoms with E-state index in [1.165, 1.54) is 6.20 Å². The van der Waals surface area contributed by atoms with Crippen LogP contribution in [-0.2, 0) is 6.54 Å². The number of aromatic nitrogens is 2. The van der Waals surface area contributed by atoms with E-state index in [9.17, 15) is 4.79 Å². The molecule has 4 rings (SSSR count). The molecule has 4 aromatic rings. The Morgan fingerprint density at radius 1 is 0.914 bits per heavy atom. The summed E-state index contributed by atoms with van der Waals surface area (Å²) >= 11 is 0. The molecular formula is C26H25N5O4. The first kappa shape index (κ1) is 23.4. The van der Waals surface area contributed by atoms with Crippen LogP contribution in [-0.4, -0.2) is 30.1 Å². The van der Waals surface area contributed by atoms with Gasteiger partial charge in [-0.25, -0.2) is 4.98 Å². The monoisotopic (exact) mass is 471 g/mol. The molecular weight excluding hydrogens is 446 g/mol. The van der Waals surface area contributed by atoms with Gasteiger partial charge in [-0.1, -0.05) is 24.3 Å². The highest BCUT2D eigenvalue weighted by molar-refractivity contribution is 5.96. The SMILES string of the molecule is COc1ccc(CNC(=O)c2cnc(Nc3cccc(OC)c3)nc2Oc2cccc(N)c2)cc1. The normalized spacial score (nSPS) is 10.3. The van der Waals surface area contributed by atoms with E-state index in [2.05, 4.69) is 20.6 Å². The van der Waals surface area contributed by atoms with Gasteiger partial charge in [-0.05, 0) is 42.0 Å². The summed E-state index contributed by atoms with van der Waals surface area (Å²) in [6.45, 7) is 0.310. The van der Waals surface area contributed by atoms with E-state index in [0.717, 1.165) is 17.0 Å². The van der Waals surface area contributed by atoms with Gasteiger partial charge in [0.05, 0.1) is 14.2 Å². The van der Waals surface area contributed by atoms with E-state index in [1.807, 2.05) is 42.5 Å². The van der Waals surface area contributed by atoms with E-state index in [0.29, 0.717) is 23.7 Å². The number of nitrogens with zero attached hydrogens (tertiary/aromatic N) is 2. The number of hydrogen-bond donors (Lipinski definition) is 3. The molecule has 0 aliphatic carbocycles. The second-order valence-electron chi connectivity index (χ2n) is 7.47. The number of rotatable bonds is 9. The maximum atomic E-state index is 13.0. The molecule has 0 spiro atoms. The second-order valence-corrected chi connectivity index (χ2v) is 7.47. The first-order valence-corrected chi connectivity index (χ1v) is 10.8. The first-order chi connectivity index (χ1) is 17.0. The average molecular weight is 472 g/mol. The van der Waals surface area contributed by atoms with Crippen molar-refractivity contribution in [1.29, 1.82) is 0 Å². The van der Waals surface area contributed by atoms with Crippen LogP contribution in [0.5, 0.6) is 23.1 Å². The minimum atomic E-state index is -0.382. The minimum absolute atomic E-state index is 0.0863. The maximum absolute atomic E-state index is 13.0. The van der Waals surface area contributed by atoms with Crippen LogP contribution in [0, 0.1) is 0 Å². The lowest BCUT2D eigenvalue weighted by Crippen LogP contribution is -2.24. The zero-order valence-electron chi connectivity index (χ0n) is 19.3. The fourth-order valence-corrected chi connectivity index (χ4v) is 3.20. The molecule has 9 heteroatoms. The Morgan fingerprint density at radius 2 is 1.66 bits per heavy atom. The predicted molar refractivity (Wildman–Crippen MR) is 133 cm³/mol. The van der Waals surface area contributed by atoms with Crippen LogP contribution < -0.4 is 30.6 Å². The standard InChI is InChI=1S/C26H25N5O4/c1-33-20-11-9-17(10-12-20)15-28-24(32)23-16-29-26(30-19-6-4-7-21(14-19)34-2)31-25(23)35-22-8-3-5-18(27)13-22/h3-14,16H,15,27H2,1-2H3,(H,28,32)(H,29,30,31). The molecule has 1 amide bonds. The van der Waals surface area contributed by atoms with Crippen molar-refractivity contribution < 1.29 is 19.0 Å². The van der Waals surface area contributed by atoms with Gasteiger partial charge in [0.25, 0.3) is 5.91 Å². The van der Waals surface area contributed by atoms with Crippen LogP contribution in [0.1, 0.15) is 15.9 Å². The van der Waals surface area contributed by atoms with Crippen molar-refractivity contribution in [2.75, 3.05) is 25.3 Å². The highest BCUT2D eigenvalue weighted by Gasteiger charge is 2.17. The molecule has 1 aromatic heterocycles. The molecule has 0 aliphatic rings. The number of carbonyl (C=O) groups is 1. The summed E-state index contributed by atoms with van der Waals surface area (Å²) in [5.41, 5.74) is 8.21. The molecule has 0 bridgehead atoms. The maximum Gasteiger partial charge on any atom is 0.258 e. The summed E-state index contributed by atoms with van der Waals surface area (Å²) in [6, 6.07) is 21.6. The Balaban J connectivity index is 1.58. The van der Waals surface area contributed by atoms with Crippen molar-refractivity contribution in [2.24, 2.45) is 0 Å². The van der Waals surface area contributed by atoms with Gasteiger partial charge < -0.3 is 30.6 Å². The van der Waals surface area contributed by atoms with Crippen molar-refractivity contribution in [3.63, 3.8) is 0 Å². The molecule has 0 saturated heterocycles. The number of methoxy groups -OCH3 is 2. The molecule has 0 saturated carbocycles. The van der Waals surface area contributed by atoms with Gasteiger partial charge in [0, 0.05) is 36.2 Å². The number of ether oxygens (including phenoxy) is 3. The summed E-state index contributed by atoms with van der Waals surface area (Å²) in [5, 5.41) is 5.97. The van der Waals surface area contributed by atoms with Crippen molar-refractivity contribution in [3.05, 3.63) is 90.1 Å². The number of hydrogen-bond acceptors (Lipinski definition) is 8. The molecule has 0 fully saturated rings. The van der Waals surface area contributed by atoms with Gasteiger partial charge in [-0.2, -0.15) is 4.98 Å². The fraction of sp³-hybridized carbons (Fsp3) is 0.115. The summed E-state index contributed by atoms with van der Waals surface area (Å²) in [5.74, 6) is 1.83. The van der Waals surface area contributed by atoms with Gasteiger partial charge >= 0.3 is 0 Å². The highest BCUT2D eigenvalue weighted by atomic mass is 16.5. The topological polar surface area (TPSA) is 121 Å². The number of anilines is 3. The van der Waals surface area contributed by atoms with Gasteiger partial charge in [-0.3, -0.25) is 4.79 Å². The summed E-state index contributed by atoms with van der Waals surface area (Å²) in [7, 11) is 3.19. The first-order valence-electron chi connectivity index (χ1n) is 10.8. The van der Waals surface area contributed by atoms with Crippen molar-refractivity contribution >= 4 is 23.2 Å². The molecule has 4 N–H and O–H groups in total. The lowest BCUT2D eigenvalue weighted by Gasteiger charge is -2.13. The molecule has 9 nitrogen and oxygen atoms in total. The Morgan fingerprint density at radius 3 is 2.40 bits per heavy atom. The lowest BCUT2D eigenvalue weighted by molar-refractivity contribution is 0.0947. The molecule has 1 heterocycles. The lowest BCUT2D eigenvalue weighted by atomic mass is 10.2. The van der Waals surface area contributed by atoms with E-state index in [-0.39, 0.29) is 23.3 Å². The third-order valence-corrected chi connectivity index (χ3v) is 5.01. The Bertz CT molecular complexity index is 1310. The third-order valence-electron chi connectivity index (χ3n) is 5.01. The van der Waals surface area contributed by atoms with E-state index >= 15 is 0 Å². The minimum Gasteiger partial charge on any atom is -0.497 e. The number of benzene rings is 3. The number of nitrogens with two attached hydrogens (primary N) is 1. The smallest absolute Gasteiger partial charge is 0.258 e. The van der Waals surface area contributed by atoms with Crippen LogP contribution in [0.2, 0.25) is 0 Å². The molecule has 3 aromatic carbocycles. The zero-order chi connectivity index (χ0) is 24.6. The number of amides is 1. The molecule has 35 heavy (non-hydrogen) atoms. The summed E-state index contributed by atoms with van der Waals surface area (Å²) in [4.78, 5) is 21.8. The molecule has 0 unspecified atom stereocenters. The van der Waals surface area contributed by atoms with E-state index < -0.39 is 0 Å². The molecule has 178 valence electrons. The van der Waals surface area contributed by atoms with Crippen LogP contribution >= 0.6 is 0 Å². The Hall–Kier alpha value is -4.79. The number of carbonyl (C=O) groups excluding carboxylic acids is 1. The Labute approximate surface area is 202 Å². The van der Waals surface area contributed by atoms with Gasteiger partial charge in [0.15, 0.2) is 0 Å². The second kappa shape index (κ2) is 10.9. The van der Waals surface area contributed by atoms with Crippen LogP contribution in [0.15, 0.2) is 79.0 Å². The zero-order valence-corrected chi connectivity index (χ0v) is 19.3. The van der Waals surface area contributed by atoms with Gasteiger partial charge in [0.1, 0.15) is 22.8 Å². The Kier molecular flexibility index (Phi) is 7.27. The number of nitrogens with one attached hydrogen (secondary N) is 2. The highest BCUT2D eigenvalue weighted by Crippen LogP contribution is 2.27. The van der Waals surface area contributed by atoms with Crippen molar-refractivity contribution in [3.8, 4) is 23.1 Å². The van der Waals surface area contributed by atoms with E-state index in [1.54, 1.807) is 44.6 Å². The van der Waals surface area contributed by atoms with Crippen LogP contribution in [0.4, 0.5) is 17.3 Å². The van der Waals surface area contributed by atoms with Crippen LogP contribution in [0.25, 0.3) is 0 Å². The summed E-state index contributed by atoms with van der Waals surface area (Å²) in [6.07, 6.45) is 1.42. The van der Waals surface area contributed by atoms with Gasteiger partial charge in [-0.15, -0.1) is 0 Å². The largest absolute Gasteiger partial charge is 0.497 e. The average Bonchev–Trinajstić information content (AvgIpc) is 2.88. The van der Waals surface area contributed by atoms with E-state index in [4.69, 9.17) is 19.9 Å². The quantitative estimate of drug-likeness (QED) is 0.304. The number of nitrogen functional groups attached to an aromatic ring is 1. The molecule has 0 aliphatic heterocycles. The molecule has 0 radical (unpaired) electrons. The molecule has 0 atom stereocenters. The van der Waals surface area contributed by atoms with Crippen molar-refractivity contribution in [2.45, 2.75) is 6.54 Å².